The van der Waals surface area contributed by atoms with E-state index in [2.05, 4.69) is 20.8 Å². The van der Waals surface area contributed by atoms with Crippen LogP contribution in [0.15, 0.2) is 22.7 Å². The molecular weight excluding hydrogens is 294 g/mol. The number of benzene rings is 1. The lowest BCUT2D eigenvalue weighted by molar-refractivity contribution is 0.0144. The topological polar surface area (TPSA) is 43.7 Å². The highest BCUT2D eigenvalue weighted by atomic mass is 79.9. The maximum absolute atomic E-state index is 10.4. The fraction of sp³-hybridized carbons (Fsp3) is 0.571. The summed E-state index contributed by atoms with van der Waals surface area (Å²) in [7, 11) is 1.98. The number of nitrogens with zero attached hydrogens (tertiary/aromatic N) is 1. The Hall–Kier alpha value is -0.580. The number of likely N-dealkylation sites (N-methyl/N-ethyl adjacent to an activating group) is 1. The van der Waals surface area contributed by atoms with Crippen LogP contribution < -0.4 is 0 Å². The number of phenolic OH excluding ortho intramolecular Hbond substituents is 1. The number of rotatable bonds is 4. The number of halogens is 1. The molecule has 0 amide bonds. The van der Waals surface area contributed by atoms with Gasteiger partial charge in [0.1, 0.15) is 5.75 Å². The summed E-state index contributed by atoms with van der Waals surface area (Å²) in [5, 5.41) is 20.1. The zero-order chi connectivity index (χ0) is 13.2. The van der Waals surface area contributed by atoms with Crippen molar-refractivity contribution in [3.05, 3.63) is 28.2 Å². The highest BCUT2D eigenvalue weighted by Gasteiger charge is 2.32. The van der Waals surface area contributed by atoms with E-state index in [0.717, 1.165) is 35.7 Å². The molecule has 1 saturated carbocycles. The number of hydrogen-bond acceptors (Lipinski definition) is 3. The third kappa shape index (κ3) is 3.46. The average Bonchev–Trinajstić information content (AvgIpc) is 2.70. The lowest BCUT2D eigenvalue weighted by atomic mass is 10.0. The number of hydrogen-bond donors (Lipinski definition) is 2. The first-order valence-corrected chi connectivity index (χ1v) is 7.16. The van der Waals surface area contributed by atoms with E-state index in [9.17, 15) is 10.2 Å². The first kappa shape index (κ1) is 13.8. The monoisotopic (exact) mass is 313 g/mol. The summed E-state index contributed by atoms with van der Waals surface area (Å²) in [5.41, 5.74) is 0.351. The molecule has 1 aliphatic carbocycles. The zero-order valence-corrected chi connectivity index (χ0v) is 12.3. The van der Waals surface area contributed by atoms with Gasteiger partial charge in [0, 0.05) is 23.1 Å². The first-order chi connectivity index (χ1) is 8.48. The van der Waals surface area contributed by atoms with Crippen LogP contribution in [0, 0.1) is 0 Å². The maximum atomic E-state index is 10.4. The molecule has 1 aromatic rings. The number of aromatic hydroxyl groups is 1. The van der Waals surface area contributed by atoms with E-state index < -0.39 is 5.60 Å². The lowest BCUT2D eigenvalue weighted by Crippen LogP contribution is -2.38. The summed E-state index contributed by atoms with van der Waals surface area (Å²) in [6, 6.07) is 5.44. The SMILES string of the molecule is CN(Cc1cc(Br)ccc1O)CC1(O)CCCC1. The summed E-state index contributed by atoms with van der Waals surface area (Å²) in [6.45, 7) is 1.31. The van der Waals surface area contributed by atoms with Crippen LogP contribution in [-0.2, 0) is 6.54 Å². The number of aliphatic hydroxyl groups is 1. The van der Waals surface area contributed by atoms with Crippen molar-refractivity contribution < 1.29 is 10.2 Å². The minimum atomic E-state index is -0.531. The number of phenols is 1. The highest BCUT2D eigenvalue weighted by molar-refractivity contribution is 9.10. The predicted molar refractivity (Wildman–Crippen MR) is 75.6 cm³/mol. The molecule has 0 saturated heterocycles. The molecule has 18 heavy (non-hydrogen) atoms. The minimum absolute atomic E-state index is 0.309. The van der Waals surface area contributed by atoms with Gasteiger partial charge in [-0.05, 0) is 38.1 Å². The van der Waals surface area contributed by atoms with Gasteiger partial charge in [-0.15, -0.1) is 0 Å². The van der Waals surface area contributed by atoms with Crippen LogP contribution in [0.3, 0.4) is 0 Å². The van der Waals surface area contributed by atoms with Crippen molar-refractivity contribution >= 4 is 15.9 Å². The third-order valence-electron chi connectivity index (χ3n) is 3.58. The molecule has 0 radical (unpaired) electrons. The molecule has 0 spiro atoms. The van der Waals surface area contributed by atoms with Gasteiger partial charge < -0.3 is 10.2 Å². The van der Waals surface area contributed by atoms with E-state index in [1.54, 1.807) is 6.07 Å². The Morgan fingerprint density at radius 2 is 2.00 bits per heavy atom. The molecule has 0 unspecified atom stereocenters. The van der Waals surface area contributed by atoms with Crippen LogP contribution in [0.25, 0.3) is 0 Å². The summed E-state index contributed by atoms with van der Waals surface area (Å²) in [5.74, 6) is 0.309. The Balaban J connectivity index is 1.98. The summed E-state index contributed by atoms with van der Waals surface area (Å²) in [4.78, 5) is 2.08. The van der Waals surface area contributed by atoms with Crippen LogP contribution in [0.1, 0.15) is 31.2 Å². The van der Waals surface area contributed by atoms with Gasteiger partial charge in [-0.3, -0.25) is 4.90 Å². The highest BCUT2D eigenvalue weighted by Crippen LogP contribution is 2.31. The minimum Gasteiger partial charge on any atom is -0.508 e. The Morgan fingerprint density at radius 3 is 2.67 bits per heavy atom. The van der Waals surface area contributed by atoms with Crippen molar-refractivity contribution in [2.24, 2.45) is 0 Å². The molecule has 3 nitrogen and oxygen atoms in total. The second-order valence-corrected chi connectivity index (χ2v) is 6.29. The Bertz CT molecular complexity index is 416. The van der Waals surface area contributed by atoms with Gasteiger partial charge in [0.15, 0.2) is 0 Å². The second-order valence-electron chi connectivity index (χ2n) is 5.38. The molecule has 100 valence electrons. The summed E-state index contributed by atoms with van der Waals surface area (Å²) < 4.78 is 0.961. The van der Waals surface area contributed by atoms with Crippen LogP contribution >= 0.6 is 15.9 Å². The second kappa shape index (κ2) is 5.59. The Morgan fingerprint density at radius 1 is 1.33 bits per heavy atom. The van der Waals surface area contributed by atoms with Crippen molar-refractivity contribution in [1.82, 2.24) is 4.90 Å². The zero-order valence-electron chi connectivity index (χ0n) is 10.7. The van der Waals surface area contributed by atoms with E-state index in [-0.39, 0.29) is 0 Å². The van der Waals surface area contributed by atoms with Gasteiger partial charge >= 0.3 is 0 Å². The van der Waals surface area contributed by atoms with Crippen molar-refractivity contribution in [2.75, 3.05) is 13.6 Å². The fourth-order valence-electron chi connectivity index (χ4n) is 2.72. The van der Waals surface area contributed by atoms with Crippen LogP contribution in [0.4, 0.5) is 0 Å². The van der Waals surface area contributed by atoms with Gasteiger partial charge in [0.25, 0.3) is 0 Å². The molecule has 1 aromatic carbocycles. The molecule has 2 rings (SSSR count). The third-order valence-corrected chi connectivity index (χ3v) is 4.07. The average molecular weight is 314 g/mol. The normalized spacial score (nSPS) is 18.4. The molecule has 0 aliphatic heterocycles. The summed E-state index contributed by atoms with van der Waals surface area (Å²) in [6.07, 6.45) is 4.02. The smallest absolute Gasteiger partial charge is 0.120 e. The van der Waals surface area contributed by atoms with Crippen LogP contribution in [0.2, 0.25) is 0 Å². The predicted octanol–water partition coefficient (Wildman–Crippen LogP) is 2.89. The van der Waals surface area contributed by atoms with Gasteiger partial charge in [-0.1, -0.05) is 28.8 Å². The fourth-order valence-corrected chi connectivity index (χ4v) is 3.13. The molecule has 2 N–H and O–H groups in total. The van der Waals surface area contributed by atoms with Crippen molar-refractivity contribution in [3.8, 4) is 5.75 Å². The Labute approximate surface area is 117 Å². The molecule has 0 aromatic heterocycles. The molecule has 0 atom stereocenters. The molecule has 0 heterocycles. The van der Waals surface area contributed by atoms with Crippen LogP contribution in [0.5, 0.6) is 5.75 Å². The van der Waals surface area contributed by atoms with Crippen molar-refractivity contribution in [1.29, 1.82) is 0 Å². The standard InChI is InChI=1S/C14H20BrNO2/c1-16(10-14(18)6-2-3-7-14)9-11-8-12(15)4-5-13(11)17/h4-5,8,17-18H,2-3,6-7,9-10H2,1H3. The lowest BCUT2D eigenvalue weighted by Gasteiger charge is -2.28. The van der Waals surface area contributed by atoms with Gasteiger partial charge in [-0.2, -0.15) is 0 Å². The molecule has 1 aliphatic rings. The summed E-state index contributed by atoms with van der Waals surface area (Å²) >= 11 is 3.41. The molecular formula is C14H20BrNO2. The van der Waals surface area contributed by atoms with E-state index >= 15 is 0 Å². The largest absolute Gasteiger partial charge is 0.508 e. The van der Waals surface area contributed by atoms with Crippen molar-refractivity contribution in [2.45, 2.75) is 37.8 Å². The molecule has 0 bridgehead atoms. The van der Waals surface area contributed by atoms with Gasteiger partial charge in [0.2, 0.25) is 0 Å². The Kier molecular flexibility index (Phi) is 4.30. The molecule has 4 heteroatoms. The maximum Gasteiger partial charge on any atom is 0.120 e. The van der Waals surface area contributed by atoms with E-state index in [1.165, 1.54) is 0 Å². The van der Waals surface area contributed by atoms with Gasteiger partial charge in [-0.25, -0.2) is 0 Å². The van der Waals surface area contributed by atoms with E-state index in [1.807, 2.05) is 19.2 Å². The first-order valence-electron chi connectivity index (χ1n) is 6.37. The van der Waals surface area contributed by atoms with E-state index in [0.29, 0.717) is 18.8 Å². The quantitative estimate of drug-likeness (QED) is 0.898. The van der Waals surface area contributed by atoms with Crippen molar-refractivity contribution in [3.63, 3.8) is 0 Å². The molecule has 1 fully saturated rings. The van der Waals surface area contributed by atoms with E-state index in [4.69, 9.17) is 0 Å². The van der Waals surface area contributed by atoms with Crippen LogP contribution in [-0.4, -0.2) is 34.3 Å². The van der Waals surface area contributed by atoms with Gasteiger partial charge in [0.05, 0.1) is 5.60 Å².